The minimum absolute atomic E-state index is 0. The van der Waals surface area contributed by atoms with Gasteiger partial charge >= 0.3 is 0 Å². The van der Waals surface area contributed by atoms with Crippen LogP contribution in [0.3, 0.4) is 0 Å². The molecule has 9 rings (SSSR count). The van der Waals surface area contributed by atoms with Gasteiger partial charge < -0.3 is 0 Å². The van der Waals surface area contributed by atoms with E-state index in [9.17, 15) is 0 Å². The van der Waals surface area contributed by atoms with Gasteiger partial charge in [-0.05, 0) is 43.4 Å². The zero-order valence-corrected chi connectivity index (χ0v) is 35.8. The topological polar surface area (TPSA) is 96.2 Å². The number of hydrogen-bond donors (Lipinski definition) is 8. The van der Waals surface area contributed by atoms with E-state index >= 15 is 0 Å². The summed E-state index contributed by atoms with van der Waals surface area (Å²) in [5, 5.41) is 27.6. The molecule has 51 heavy (non-hydrogen) atoms. The number of hydrogen-bond acceptors (Lipinski definition) is 8. The van der Waals surface area contributed by atoms with E-state index in [1.807, 2.05) is 0 Å². The van der Waals surface area contributed by atoms with Crippen molar-refractivity contribution in [2.75, 3.05) is 0 Å². The van der Waals surface area contributed by atoms with Gasteiger partial charge in [-0.1, -0.05) is 12.8 Å². The number of nitrogens with one attached hydrogen (secondary N) is 8. The molecule has 8 bridgehead atoms. The van der Waals surface area contributed by atoms with Crippen LogP contribution in [0.2, 0.25) is 0 Å². The predicted octanol–water partition coefficient (Wildman–Crippen LogP) is 4.78. The maximum absolute atomic E-state index is 7.24. The van der Waals surface area contributed by atoms with E-state index < -0.39 is 43.0 Å². The molecule has 26 unspecified atom stereocenters. The first-order chi connectivity index (χ1) is 23.9. The Labute approximate surface area is 361 Å². The van der Waals surface area contributed by atoms with E-state index in [0.717, 1.165) is 19.3 Å². The molecule has 0 aromatic heterocycles. The molecule has 0 amide bonds. The number of fused-ring (bicyclic) bond motifs is 20. The first kappa shape index (κ1) is 40.9. The zero-order valence-electron chi connectivity index (χ0n) is 27.3. The molecule has 1 radical (unpaired) electrons. The molecule has 19 heteroatoms. The van der Waals surface area contributed by atoms with Gasteiger partial charge in [0, 0.05) is 46.7 Å². The summed E-state index contributed by atoms with van der Waals surface area (Å²) >= 11 is 70.7. The summed E-state index contributed by atoms with van der Waals surface area (Å²) in [6.07, 6.45) is 5.70. The third kappa shape index (κ3) is 6.77. The van der Waals surface area contributed by atoms with Crippen LogP contribution >= 0.6 is 116 Å². The SMILES string of the molecule is ClC1CCC2C3NC4NC(NC5NC(NC6NC(NC(N3)C2C1Cl)C1C(Cl)C(Cl)C(Cl)C(Cl)C61)C1C(Cl)C(Cl)C(Cl)C(Cl)C51)C1CCCCC41.[Cu]. The van der Waals surface area contributed by atoms with Gasteiger partial charge in [0.25, 0.3) is 0 Å². The average molecular weight is 961 g/mol. The summed E-state index contributed by atoms with van der Waals surface area (Å²) in [5.41, 5.74) is 0. The minimum atomic E-state index is -0.526. The minimum Gasteiger partial charge on any atom is -0.286 e. The summed E-state index contributed by atoms with van der Waals surface area (Å²) in [5.74, 6) is 0.754. The molecule has 9 aliphatic rings. The van der Waals surface area contributed by atoms with Crippen LogP contribution < -0.4 is 42.5 Å². The largest absolute Gasteiger partial charge is 0.286 e. The second kappa shape index (κ2) is 15.9. The fourth-order valence-electron chi connectivity index (χ4n) is 11.8. The first-order valence-corrected chi connectivity index (χ1v) is 22.8. The van der Waals surface area contributed by atoms with Crippen molar-refractivity contribution in [3.8, 4) is 0 Å². The van der Waals surface area contributed by atoms with E-state index in [2.05, 4.69) is 42.5 Å². The van der Waals surface area contributed by atoms with Gasteiger partial charge in [0.05, 0.1) is 103 Å². The molecular weight excluding hydrogens is 914 g/mol. The number of halogens is 10. The van der Waals surface area contributed by atoms with E-state index in [1.54, 1.807) is 0 Å². The van der Waals surface area contributed by atoms with Crippen LogP contribution in [-0.2, 0) is 17.1 Å². The van der Waals surface area contributed by atoms with E-state index in [1.165, 1.54) is 19.3 Å². The maximum atomic E-state index is 7.24. The molecule has 4 aliphatic carbocycles. The molecule has 4 saturated carbocycles. The molecule has 0 aromatic carbocycles. The van der Waals surface area contributed by atoms with E-state index in [0.29, 0.717) is 11.8 Å². The quantitative estimate of drug-likeness (QED) is 0.130. The molecule has 5 saturated heterocycles. The smallest absolute Gasteiger partial charge is 0.0681 e. The van der Waals surface area contributed by atoms with Crippen molar-refractivity contribution in [1.29, 1.82) is 0 Å². The van der Waals surface area contributed by atoms with Gasteiger partial charge in [-0.2, -0.15) is 0 Å². The Hall–Kier alpha value is 3.10. The number of alkyl halides is 10. The molecule has 8 nitrogen and oxygen atoms in total. The van der Waals surface area contributed by atoms with Gasteiger partial charge in [-0.15, -0.1) is 116 Å². The van der Waals surface area contributed by atoms with Crippen molar-refractivity contribution in [2.24, 2.45) is 47.3 Å². The molecule has 295 valence electrons. The zero-order chi connectivity index (χ0) is 34.9. The van der Waals surface area contributed by atoms with Gasteiger partial charge in [0.15, 0.2) is 0 Å². The van der Waals surface area contributed by atoms with Crippen LogP contribution in [0.5, 0.6) is 0 Å². The second-order valence-corrected chi connectivity index (χ2v) is 21.5. The molecule has 26 atom stereocenters. The van der Waals surface area contributed by atoms with Crippen molar-refractivity contribution >= 4 is 116 Å². The van der Waals surface area contributed by atoms with Crippen molar-refractivity contribution in [3.63, 3.8) is 0 Å². The first-order valence-electron chi connectivity index (χ1n) is 18.4. The molecule has 8 N–H and O–H groups in total. The van der Waals surface area contributed by atoms with Crippen LogP contribution in [0.1, 0.15) is 38.5 Å². The van der Waals surface area contributed by atoms with Crippen LogP contribution in [-0.4, -0.2) is 103 Å². The summed E-state index contributed by atoms with van der Waals surface area (Å²) in [6, 6.07) is 0. The van der Waals surface area contributed by atoms with Crippen LogP contribution in [0, 0.1) is 47.3 Å². The molecule has 9 fully saturated rings. The van der Waals surface area contributed by atoms with Gasteiger partial charge in [0.1, 0.15) is 0 Å². The third-order valence-corrected chi connectivity index (χ3v) is 20.5. The standard InChI is InChI=1S/C32H46Cl10N8.Cu/c33-10-6-5-9-11(16(10)34)28-46-27(9)44-25-7-3-1-2-4-8(7)26(43-25)45-29-12-13(18(36)22(40)21(39)17(12)35)31(48-29)50-32-15-14(30(47-28)49-32)19(37)23(41)24(42)20(15)38;/h7-32,43-50H,1-6H2;. The van der Waals surface area contributed by atoms with Gasteiger partial charge in [-0.25, -0.2) is 0 Å². The normalized spacial score (nSPS) is 62.2. The van der Waals surface area contributed by atoms with Crippen LogP contribution in [0.4, 0.5) is 0 Å². The Bertz CT molecular complexity index is 1270. The van der Waals surface area contributed by atoms with Gasteiger partial charge in [-0.3, -0.25) is 42.5 Å². The Balaban J connectivity index is 0.00000374. The fourth-order valence-corrected chi connectivity index (χ4v) is 16.1. The van der Waals surface area contributed by atoms with Crippen molar-refractivity contribution in [2.45, 2.75) is 142 Å². The monoisotopic (exact) mass is 955 g/mol. The second-order valence-electron chi connectivity index (χ2n) is 16.4. The molecule has 5 heterocycles. The molecule has 0 spiro atoms. The average Bonchev–Trinajstić information content (AvgIpc) is 3.84. The maximum Gasteiger partial charge on any atom is 0.0681 e. The van der Waals surface area contributed by atoms with Crippen molar-refractivity contribution in [3.05, 3.63) is 0 Å². The summed E-state index contributed by atoms with van der Waals surface area (Å²) in [6.45, 7) is 0. The molecular formula is C32H46Cl10CuN8. The molecule has 5 aliphatic heterocycles. The predicted molar refractivity (Wildman–Crippen MR) is 207 cm³/mol. The molecule has 0 aromatic rings. The van der Waals surface area contributed by atoms with Crippen molar-refractivity contribution < 1.29 is 17.1 Å². The van der Waals surface area contributed by atoms with Crippen LogP contribution in [0.15, 0.2) is 0 Å². The Morgan fingerprint density at radius 3 is 0.941 bits per heavy atom. The number of rotatable bonds is 0. The Morgan fingerprint density at radius 2 is 0.569 bits per heavy atom. The fraction of sp³-hybridized carbons (Fsp3) is 1.00. The van der Waals surface area contributed by atoms with Crippen LogP contribution in [0.25, 0.3) is 0 Å². The van der Waals surface area contributed by atoms with E-state index in [-0.39, 0.29) is 113 Å². The van der Waals surface area contributed by atoms with E-state index in [4.69, 9.17) is 116 Å². The Morgan fingerprint density at radius 1 is 0.275 bits per heavy atom. The summed E-state index contributed by atoms with van der Waals surface area (Å²) in [4.78, 5) is 0. The third-order valence-electron chi connectivity index (χ3n) is 14.1. The van der Waals surface area contributed by atoms with Crippen molar-refractivity contribution in [1.82, 2.24) is 42.5 Å². The Kier molecular flexibility index (Phi) is 12.8. The summed E-state index contributed by atoms with van der Waals surface area (Å²) < 4.78 is 0. The summed E-state index contributed by atoms with van der Waals surface area (Å²) in [7, 11) is 0. The van der Waals surface area contributed by atoms with Gasteiger partial charge in [0.2, 0.25) is 0 Å².